The van der Waals surface area contributed by atoms with Gasteiger partial charge in [0.15, 0.2) is 0 Å². The van der Waals surface area contributed by atoms with Gasteiger partial charge in [-0.2, -0.15) is 4.98 Å². The first-order valence-electron chi connectivity index (χ1n) is 5.64. The molecule has 3 heterocycles. The molecule has 2 saturated heterocycles. The van der Waals surface area contributed by atoms with Crippen LogP contribution < -0.4 is 10.1 Å². The van der Waals surface area contributed by atoms with E-state index in [2.05, 4.69) is 15.3 Å². The van der Waals surface area contributed by atoms with Gasteiger partial charge in [-0.15, -0.1) is 0 Å². The number of rotatable bonds is 3. The Kier molecular flexibility index (Phi) is 2.40. The van der Waals surface area contributed by atoms with E-state index in [-0.39, 0.29) is 0 Å². The van der Waals surface area contributed by atoms with E-state index in [0.717, 1.165) is 12.8 Å². The Bertz CT molecular complexity index is 385. The molecule has 2 aliphatic heterocycles. The van der Waals surface area contributed by atoms with Crippen molar-refractivity contribution in [1.29, 1.82) is 0 Å². The number of methoxy groups -OCH3 is 1. The fourth-order valence-corrected chi connectivity index (χ4v) is 2.48. The molecule has 16 heavy (non-hydrogen) atoms. The Morgan fingerprint density at radius 1 is 1.50 bits per heavy atom. The summed E-state index contributed by atoms with van der Waals surface area (Å²) in [5.41, 5.74) is 0. The summed E-state index contributed by atoms with van der Waals surface area (Å²) in [4.78, 5) is 8.41. The molecule has 3 rings (SSSR count). The third-order valence-electron chi connectivity index (χ3n) is 3.26. The van der Waals surface area contributed by atoms with Crippen molar-refractivity contribution in [2.75, 3.05) is 12.4 Å². The number of aromatic nitrogens is 2. The highest BCUT2D eigenvalue weighted by atomic mass is 16.5. The summed E-state index contributed by atoms with van der Waals surface area (Å²) in [6.07, 6.45) is 5.87. The fraction of sp³-hybridized carbons (Fsp3) is 0.636. The van der Waals surface area contributed by atoms with Crippen LogP contribution in [0.1, 0.15) is 19.3 Å². The Labute approximate surface area is 94.2 Å². The van der Waals surface area contributed by atoms with Crippen LogP contribution in [0.15, 0.2) is 12.3 Å². The second-order valence-corrected chi connectivity index (χ2v) is 4.28. The molecular weight excluding hydrogens is 206 g/mol. The average Bonchev–Trinajstić information content (AvgIpc) is 2.91. The minimum absolute atomic E-state index is 0.333. The van der Waals surface area contributed by atoms with Crippen molar-refractivity contribution >= 4 is 5.95 Å². The van der Waals surface area contributed by atoms with E-state index in [0.29, 0.717) is 30.1 Å². The maximum atomic E-state index is 5.76. The largest absolute Gasteiger partial charge is 0.481 e. The first-order valence-corrected chi connectivity index (χ1v) is 5.64. The summed E-state index contributed by atoms with van der Waals surface area (Å²) in [5.74, 6) is 1.21. The number of nitrogens with zero attached hydrogens (tertiary/aromatic N) is 2. The van der Waals surface area contributed by atoms with Crippen molar-refractivity contribution in [1.82, 2.24) is 9.97 Å². The second-order valence-electron chi connectivity index (χ2n) is 4.28. The topological polar surface area (TPSA) is 56.3 Å². The summed E-state index contributed by atoms with van der Waals surface area (Å²) >= 11 is 0. The van der Waals surface area contributed by atoms with Crippen molar-refractivity contribution < 1.29 is 9.47 Å². The molecule has 0 radical (unpaired) electrons. The number of anilines is 1. The lowest BCUT2D eigenvalue weighted by molar-refractivity contribution is 0.102. The van der Waals surface area contributed by atoms with Gasteiger partial charge in [0.05, 0.1) is 25.4 Å². The minimum Gasteiger partial charge on any atom is -0.481 e. The predicted octanol–water partition coefficient (Wildman–Crippen LogP) is 1.22. The second kappa shape index (κ2) is 3.90. The van der Waals surface area contributed by atoms with Crippen molar-refractivity contribution in [3.63, 3.8) is 0 Å². The molecule has 2 aliphatic rings. The van der Waals surface area contributed by atoms with Gasteiger partial charge < -0.3 is 14.8 Å². The van der Waals surface area contributed by atoms with Crippen LogP contribution in [0.3, 0.4) is 0 Å². The van der Waals surface area contributed by atoms with Crippen LogP contribution in [0.4, 0.5) is 5.95 Å². The number of hydrogen-bond donors (Lipinski definition) is 1. The molecule has 2 fully saturated rings. The predicted molar refractivity (Wildman–Crippen MR) is 58.5 cm³/mol. The lowest BCUT2D eigenvalue weighted by Crippen LogP contribution is -2.31. The van der Waals surface area contributed by atoms with Crippen molar-refractivity contribution in [3.8, 4) is 5.88 Å². The molecule has 0 aliphatic carbocycles. The standard InChI is InChI=1S/C11H15N3O2/c1-15-10-4-5-12-11(14-10)13-8-6-7-2-3-9(8)16-7/h4-5,7-9H,2-3,6H2,1H3,(H,12,13,14). The van der Waals surface area contributed by atoms with Crippen LogP contribution in [0.5, 0.6) is 5.88 Å². The molecule has 3 unspecified atom stereocenters. The summed E-state index contributed by atoms with van der Waals surface area (Å²) in [6, 6.07) is 2.09. The fourth-order valence-electron chi connectivity index (χ4n) is 2.48. The number of ether oxygens (including phenoxy) is 2. The van der Waals surface area contributed by atoms with Gasteiger partial charge in [-0.3, -0.25) is 0 Å². The van der Waals surface area contributed by atoms with Gasteiger partial charge in [-0.05, 0) is 19.3 Å². The third kappa shape index (κ3) is 1.71. The molecule has 1 aromatic rings. The minimum atomic E-state index is 0.333. The van der Waals surface area contributed by atoms with Crippen molar-refractivity contribution in [2.24, 2.45) is 0 Å². The van der Waals surface area contributed by atoms with Gasteiger partial charge in [0.1, 0.15) is 0 Å². The molecule has 1 aromatic heterocycles. The average molecular weight is 221 g/mol. The smallest absolute Gasteiger partial charge is 0.226 e. The molecule has 5 nitrogen and oxygen atoms in total. The maximum absolute atomic E-state index is 5.76. The zero-order chi connectivity index (χ0) is 11.0. The zero-order valence-corrected chi connectivity index (χ0v) is 9.22. The zero-order valence-electron chi connectivity index (χ0n) is 9.22. The van der Waals surface area contributed by atoms with Gasteiger partial charge in [-0.1, -0.05) is 0 Å². The van der Waals surface area contributed by atoms with Crippen LogP contribution in [-0.4, -0.2) is 35.3 Å². The maximum Gasteiger partial charge on any atom is 0.226 e. The Balaban J connectivity index is 1.69. The quantitative estimate of drug-likeness (QED) is 0.831. The Morgan fingerprint density at radius 2 is 2.44 bits per heavy atom. The van der Waals surface area contributed by atoms with Crippen LogP contribution >= 0.6 is 0 Å². The first-order chi connectivity index (χ1) is 7.85. The Morgan fingerprint density at radius 3 is 3.12 bits per heavy atom. The molecule has 0 amide bonds. The van der Waals surface area contributed by atoms with Gasteiger partial charge in [0, 0.05) is 12.3 Å². The SMILES string of the molecule is COc1ccnc(NC2CC3CCC2O3)n1. The molecule has 86 valence electrons. The summed E-state index contributed by atoms with van der Waals surface area (Å²) in [5, 5.41) is 3.32. The van der Waals surface area contributed by atoms with E-state index < -0.39 is 0 Å². The summed E-state index contributed by atoms with van der Waals surface area (Å²) in [7, 11) is 1.60. The van der Waals surface area contributed by atoms with Crippen molar-refractivity contribution in [2.45, 2.75) is 37.5 Å². The number of fused-ring (bicyclic) bond motifs is 2. The van der Waals surface area contributed by atoms with Crippen LogP contribution in [-0.2, 0) is 4.74 Å². The van der Waals surface area contributed by atoms with Crippen LogP contribution in [0, 0.1) is 0 Å². The van der Waals surface area contributed by atoms with Gasteiger partial charge in [0.25, 0.3) is 0 Å². The van der Waals surface area contributed by atoms with Gasteiger partial charge in [-0.25, -0.2) is 4.98 Å². The highest BCUT2D eigenvalue weighted by Crippen LogP contribution is 2.35. The molecule has 1 N–H and O–H groups in total. The molecule has 0 spiro atoms. The normalized spacial score (nSPS) is 31.7. The molecule has 0 aromatic carbocycles. The van der Waals surface area contributed by atoms with E-state index in [1.54, 1.807) is 19.4 Å². The Hall–Kier alpha value is -1.36. The molecule has 2 bridgehead atoms. The van der Waals surface area contributed by atoms with Crippen LogP contribution in [0.2, 0.25) is 0 Å². The first kappa shape index (κ1) is 9.84. The number of nitrogens with one attached hydrogen (secondary N) is 1. The summed E-state index contributed by atoms with van der Waals surface area (Å²) in [6.45, 7) is 0. The van der Waals surface area contributed by atoms with Crippen molar-refractivity contribution in [3.05, 3.63) is 12.3 Å². The van der Waals surface area contributed by atoms with E-state index >= 15 is 0 Å². The third-order valence-corrected chi connectivity index (χ3v) is 3.26. The van der Waals surface area contributed by atoms with E-state index in [4.69, 9.17) is 9.47 Å². The molecule has 0 saturated carbocycles. The molecule has 5 heteroatoms. The molecular formula is C11H15N3O2. The van der Waals surface area contributed by atoms with E-state index in [9.17, 15) is 0 Å². The highest BCUT2D eigenvalue weighted by Gasteiger charge is 2.40. The lowest BCUT2D eigenvalue weighted by atomic mass is 9.96. The highest BCUT2D eigenvalue weighted by molar-refractivity contribution is 5.30. The van der Waals surface area contributed by atoms with Crippen LogP contribution in [0.25, 0.3) is 0 Å². The monoisotopic (exact) mass is 221 g/mol. The molecule has 3 atom stereocenters. The summed E-state index contributed by atoms with van der Waals surface area (Å²) < 4.78 is 10.8. The van der Waals surface area contributed by atoms with E-state index in [1.807, 2.05) is 0 Å². The van der Waals surface area contributed by atoms with E-state index in [1.165, 1.54) is 6.42 Å². The lowest BCUT2D eigenvalue weighted by Gasteiger charge is -2.19. The van der Waals surface area contributed by atoms with Gasteiger partial charge in [0.2, 0.25) is 11.8 Å². The van der Waals surface area contributed by atoms with Gasteiger partial charge >= 0.3 is 0 Å². The number of hydrogen-bond acceptors (Lipinski definition) is 5.